The third kappa shape index (κ3) is 4.71. The van der Waals surface area contributed by atoms with E-state index >= 15 is 0 Å². The quantitative estimate of drug-likeness (QED) is 0.704. The number of aromatic nitrogens is 3. The maximum atomic E-state index is 12.5. The Morgan fingerprint density at radius 3 is 2.74 bits per heavy atom. The number of rotatable bonds is 8. The van der Waals surface area contributed by atoms with E-state index in [1.165, 1.54) is 10.5 Å². The molecule has 1 N–H and O–H groups in total. The third-order valence-corrected chi connectivity index (χ3v) is 4.72. The minimum absolute atomic E-state index is 0.172. The van der Waals surface area contributed by atoms with E-state index in [4.69, 9.17) is 4.74 Å². The van der Waals surface area contributed by atoms with Crippen molar-refractivity contribution in [3.8, 4) is 0 Å². The van der Waals surface area contributed by atoms with Crippen molar-refractivity contribution in [3.05, 3.63) is 47.5 Å². The van der Waals surface area contributed by atoms with Crippen LogP contribution in [0.25, 0.3) is 0 Å². The van der Waals surface area contributed by atoms with Gasteiger partial charge in [-0.3, -0.25) is 4.79 Å². The summed E-state index contributed by atoms with van der Waals surface area (Å²) < 4.78 is 7.35. The number of amides is 1. The Morgan fingerprint density at radius 2 is 2.00 bits per heavy atom. The molecule has 0 saturated heterocycles. The second kappa shape index (κ2) is 8.77. The molecule has 27 heavy (non-hydrogen) atoms. The molecule has 0 saturated carbocycles. The van der Waals surface area contributed by atoms with Crippen molar-refractivity contribution in [3.63, 3.8) is 0 Å². The second-order valence-electron chi connectivity index (χ2n) is 6.60. The summed E-state index contributed by atoms with van der Waals surface area (Å²) in [6, 6.07) is 9.18. The first-order valence-corrected chi connectivity index (χ1v) is 9.09. The lowest BCUT2D eigenvalue weighted by Crippen LogP contribution is -2.50. The lowest BCUT2D eigenvalue weighted by Gasteiger charge is -2.33. The molecule has 0 spiro atoms. The van der Waals surface area contributed by atoms with Crippen LogP contribution in [0.4, 0.5) is 0 Å². The minimum atomic E-state index is -1.01. The van der Waals surface area contributed by atoms with Crippen LogP contribution in [0.2, 0.25) is 0 Å². The summed E-state index contributed by atoms with van der Waals surface area (Å²) in [5.74, 6) is 0.0785. The van der Waals surface area contributed by atoms with Crippen molar-refractivity contribution < 1.29 is 19.4 Å². The molecule has 2 heterocycles. The van der Waals surface area contributed by atoms with Crippen LogP contribution in [0.5, 0.6) is 0 Å². The van der Waals surface area contributed by atoms with Gasteiger partial charge in [-0.05, 0) is 25.3 Å². The summed E-state index contributed by atoms with van der Waals surface area (Å²) in [6.45, 7) is 3.20. The largest absolute Gasteiger partial charge is 0.480 e. The van der Waals surface area contributed by atoms with E-state index in [9.17, 15) is 14.7 Å². The fourth-order valence-corrected chi connectivity index (χ4v) is 3.19. The van der Waals surface area contributed by atoms with E-state index in [0.717, 1.165) is 6.42 Å². The van der Waals surface area contributed by atoms with Gasteiger partial charge in [-0.2, -0.15) is 0 Å². The van der Waals surface area contributed by atoms with Crippen LogP contribution in [0, 0.1) is 6.92 Å². The first-order valence-electron chi connectivity index (χ1n) is 9.09. The zero-order valence-corrected chi connectivity index (χ0v) is 15.4. The second-order valence-corrected chi connectivity index (χ2v) is 6.60. The van der Waals surface area contributed by atoms with Gasteiger partial charge in [0, 0.05) is 13.0 Å². The monoisotopic (exact) mass is 372 g/mol. The molecule has 1 atom stereocenters. The van der Waals surface area contributed by atoms with Gasteiger partial charge in [0.05, 0.1) is 19.7 Å². The molecule has 0 radical (unpaired) electrons. The number of benzene rings is 1. The molecule has 1 aliphatic heterocycles. The number of fused-ring (bicyclic) bond motifs is 1. The SMILES string of the molecule is Cc1nnc2n1CC(C(=O)O)N(C(=O)CCCOCCc1ccccc1)C2. The lowest BCUT2D eigenvalue weighted by atomic mass is 10.1. The van der Waals surface area contributed by atoms with Gasteiger partial charge in [0.15, 0.2) is 5.82 Å². The van der Waals surface area contributed by atoms with Crippen molar-refractivity contribution in [2.24, 2.45) is 0 Å². The molecule has 1 aliphatic rings. The van der Waals surface area contributed by atoms with Crippen LogP contribution in [0.15, 0.2) is 30.3 Å². The summed E-state index contributed by atoms with van der Waals surface area (Å²) in [5, 5.41) is 17.5. The van der Waals surface area contributed by atoms with Gasteiger partial charge in [-0.25, -0.2) is 4.79 Å². The predicted octanol–water partition coefficient (Wildman–Crippen LogP) is 1.42. The highest BCUT2D eigenvalue weighted by Crippen LogP contribution is 2.19. The van der Waals surface area contributed by atoms with Crippen LogP contribution in [0.1, 0.15) is 30.1 Å². The molecule has 8 heteroatoms. The standard InChI is InChI=1S/C19H24N4O4/c1-14-20-21-17-13-23(16(19(25)26)12-22(14)17)18(24)8-5-10-27-11-9-15-6-3-2-4-7-15/h2-4,6-7,16H,5,8-13H2,1H3,(H,25,26). The summed E-state index contributed by atoms with van der Waals surface area (Å²) in [4.78, 5) is 25.5. The Hall–Kier alpha value is -2.74. The van der Waals surface area contributed by atoms with E-state index < -0.39 is 12.0 Å². The normalized spacial score (nSPS) is 16.2. The third-order valence-electron chi connectivity index (χ3n) is 4.72. The highest BCUT2D eigenvalue weighted by Gasteiger charge is 2.35. The van der Waals surface area contributed by atoms with Gasteiger partial charge in [0.25, 0.3) is 0 Å². The summed E-state index contributed by atoms with van der Waals surface area (Å²) in [5.41, 5.74) is 1.21. The topological polar surface area (TPSA) is 97.5 Å². The van der Waals surface area contributed by atoms with E-state index in [1.54, 1.807) is 11.5 Å². The molecule has 1 amide bonds. The lowest BCUT2D eigenvalue weighted by molar-refractivity contribution is -0.153. The van der Waals surface area contributed by atoms with E-state index in [1.807, 2.05) is 18.2 Å². The molecule has 8 nitrogen and oxygen atoms in total. The highest BCUT2D eigenvalue weighted by molar-refractivity contribution is 5.83. The molecule has 0 aliphatic carbocycles. The van der Waals surface area contributed by atoms with E-state index in [2.05, 4.69) is 22.3 Å². The molecule has 1 aromatic carbocycles. The maximum Gasteiger partial charge on any atom is 0.328 e. The molecule has 2 aromatic rings. The number of aliphatic carboxylic acids is 1. The Balaban J connectivity index is 1.45. The zero-order valence-electron chi connectivity index (χ0n) is 15.4. The van der Waals surface area contributed by atoms with Crippen molar-refractivity contribution in [1.29, 1.82) is 0 Å². The highest BCUT2D eigenvalue weighted by atomic mass is 16.5. The van der Waals surface area contributed by atoms with Gasteiger partial charge in [0.1, 0.15) is 11.9 Å². The van der Waals surface area contributed by atoms with Crippen LogP contribution in [0.3, 0.4) is 0 Å². The van der Waals surface area contributed by atoms with Gasteiger partial charge < -0.3 is 19.3 Å². The van der Waals surface area contributed by atoms with E-state index in [0.29, 0.717) is 31.3 Å². The van der Waals surface area contributed by atoms with Gasteiger partial charge in [0.2, 0.25) is 5.91 Å². The van der Waals surface area contributed by atoms with Crippen molar-refractivity contribution >= 4 is 11.9 Å². The molecule has 1 unspecified atom stereocenters. The Kier molecular flexibility index (Phi) is 6.18. The van der Waals surface area contributed by atoms with Crippen molar-refractivity contribution in [1.82, 2.24) is 19.7 Å². The number of nitrogens with zero attached hydrogens (tertiary/aromatic N) is 4. The molecule has 0 fully saturated rings. The summed E-state index contributed by atoms with van der Waals surface area (Å²) in [6.07, 6.45) is 1.64. The number of hydrogen-bond acceptors (Lipinski definition) is 5. The number of carboxylic acid groups (broad SMARTS) is 1. The number of hydrogen-bond donors (Lipinski definition) is 1. The Morgan fingerprint density at radius 1 is 1.22 bits per heavy atom. The Labute approximate surface area is 157 Å². The van der Waals surface area contributed by atoms with Gasteiger partial charge >= 0.3 is 5.97 Å². The van der Waals surface area contributed by atoms with Crippen LogP contribution >= 0.6 is 0 Å². The molecular weight excluding hydrogens is 348 g/mol. The van der Waals surface area contributed by atoms with Crippen molar-refractivity contribution in [2.45, 2.75) is 45.3 Å². The molecular formula is C19H24N4O4. The van der Waals surface area contributed by atoms with Crippen LogP contribution < -0.4 is 0 Å². The zero-order chi connectivity index (χ0) is 19.2. The number of carbonyl (C=O) groups excluding carboxylic acids is 1. The predicted molar refractivity (Wildman–Crippen MR) is 96.9 cm³/mol. The number of aryl methyl sites for hydroxylation is 1. The minimum Gasteiger partial charge on any atom is -0.480 e. The molecule has 0 bridgehead atoms. The number of ether oxygens (including phenoxy) is 1. The Bertz CT molecular complexity index is 790. The van der Waals surface area contributed by atoms with Gasteiger partial charge in [-0.15, -0.1) is 10.2 Å². The van der Waals surface area contributed by atoms with Crippen LogP contribution in [-0.4, -0.2) is 55.9 Å². The van der Waals surface area contributed by atoms with Crippen molar-refractivity contribution in [2.75, 3.05) is 13.2 Å². The fourth-order valence-electron chi connectivity index (χ4n) is 3.19. The number of carboxylic acids is 1. The summed E-state index contributed by atoms with van der Waals surface area (Å²) in [7, 11) is 0. The molecule has 144 valence electrons. The average Bonchev–Trinajstić information content (AvgIpc) is 3.04. The number of carbonyl (C=O) groups is 2. The average molecular weight is 372 g/mol. The first-order chi connectivity index (χ1) is 13.1. The summed E-state index contributed by atoms with van der Waals surface area (Å²) >= 11 is 0. The molecule has 3 rings (SSSR count). The smallest absolute Gasteiger partial charge is 0.328 e. The van der Waals surface area contributed by atoms with E-state index in [-0.39, 0.29) is 25.4 Å². The first kappa shape index (κ1) is 19.0. The maximum absolute atomic E-state index is 12.5. The van der Waals surface area contributed by atoms with Crippen LogP contribution in [-0.2, 0) is 33.8 Å². The fraction of sp³-hybridized carbons (Fsp3) is 0.474. The van der Waals surface area contributed by atoms with Gasteiger partial charge in [-0.1, -0.05) is 30.3 Å². The molecule has 1 aromatic heterocycles.